The predicted molar refractivity (Wildman–Crippen MR) is 153 cm³/mol. The van der Waals surface area contributed by atoms with Crippen molar-refractivity contribution in [1.29, 1.82) is 0 Å². The SMILES string of the molecule is Cc1cccc(N2CCN(c3ccc(NC(=O)C(=O)c4c(C5CCOCC5)cc5ccccn45)cc3)CC2)n1. The average Bonchev–Trinajstić information content (AvgIpc) is 3.37. The van der Waals surface area contributed by atoms with Crippen molar-refractivity contribution < 1.29 is 14.3 Å². The van der Waals surface area contributed by atoms with Gasteiger partial charge in [-0.2, -0.15) is 0 Å². The molecule has 0 spiro atoms. The highest BCUT2D eigenvalue weighted by Gasteiger charge is 2.29. The number of aryl methyl sites for hydroxylation is 1. The first-order valence-corrected chi connectivity index (χ1v) is 13.6. The van der Waals surface area contributed by atoms with Crippen molar-refractivity contribution in [2.45, 2.75) is 25.7 Å². The van der Waals surface area contributed by atoms with E-state index in [4.69, 9.17) is 4.74 Å². The van der Waals surface area contributed by atoms with Crippen LogP contribution in [0.15, 0.2) is 72.9 Å². The number of nitrogens with one attached hydrogen (secondary N) is 1. The molecule has 2 aliphatic rings. The molecule has 3 aromatic heterocycles. The summed E-state index contributed by atoms with van der Waals surface area (Å²) < 4.78 is 7.36. The lowest BCUT2D eigenvalue weighted by Crippen LogP contribution is -2.46. The van der Waals surface area contributed by atoms with E-state index in [0.29, 0.717) is 24.6 Å². The number of hydrogen-bond acceptors (Lipinski definition) is 6. The number of rotatable bonds is 6. The van der Waals surface area contributed by atoms with Crippen LogP contribution in [0.1, 0.15) is 40.5 Å². The number of anilines is 3. The predicted octanol–water partition coefficient (Wildman–Crippen LogP) is 4.68. The zero-order valence-electron chi connectivity index (χ0n) is 22.2. The molecule has 0 aliphatic carbocycles. The highest BCUT2D eigenvalue weighted by atomic mass is 16.5. The number of amides is 1. The van der Waals surface area contributed by atoms with Crippen LogP contribution < -0.4 is 15.1 Å². The van der Waals surface area contributed by atoms with Gasteiger partial charge in [0.1, 0.15) is 11.5 Å². The van der Waals surface area contributed by atoms with Crippen LogP contribution in [0.2, 0.25) is 0 Å². The molecule has 5 heterocycles. The number of carbonyl (C=O) groups is 2. The maximum absolute atomic E-state index is 13.5. The zero-order valence-corrected chi connectivity index (χ0v) is 22.2. The smallest absolute Gasteiger partial charge is 0.298 e. The number of hydrogen-bond donors (Lipinski definition) is 1. The summed E-state index contributed by atoms with van der Waals surface area (Å²) in [5, 5.41) is 2.83. The molecule has 2 saturated heterocycles. The van der Waals surface area contributed by atoms with Gasteiger partial charge in [0, 0.05) is 68.2 Å². The summed E-state index contributed by atoms with van der Waals surface area (Å²) in [6.07, 6.45) is 3.54. The van der Waals surface area contributed by atoms with Crippen LogP contribution in [-0.4, -0.2) is 60.5 Å². The Morgan fingerprint density at radius 3 is 2.38 bits per heavy atom. The van der Waals surface area contributed by atoms with Gasteiger partial charge in [-0.05, 0) is 85.8 Å². The molecule has 1 N–H and O–H groups in total. The summed E-state index contributed by atoms with van der Waals surface area (Å²) in [5.41, 5.74) is 5.02. The second-order valence-electron chi connectivity index (χ2n) is 10.3. The molecule has 39 heavy (non-hydrogen) atoms. The summed E-state index contributed by atoms with van der Waals surface area (Å²) in [7, 11) is 0. The highest BCUT2D eigenvalue weighted by molar-refractivity contribution is 6.46. The van der Waals surface area contributed by atoms with Gasteiger partial charge in [0.25, 0.3) is 11.7 Å². The number of nitrogens with zero attached hydrogens (tertiary/aromatic N) is 4. The van der Waals surface area contributed by atoms with Gasteiger partial charge >= 0.3 is 0 Å². The molecule has 0 saturated carbocycles. The Bertz CT molecular complexity index is 1480. The van der Waals surface area contributed by atoms with E-state index in [2.05, 4.69) is 26.2 Å². The van der Waals surface area contributed by atoms with Crippen molar-refractivity contribution in [2.75, 3.05) is 54.5 Å². The van der Waals surface area contributed by atoms with E-state index in [1.54, 1.807) is 0 Å². The number of Topliss-reactive ketones (excluding diaryl/α,β-unsaturated/α-hetero) is 1. The minimum absolute atomic E-state index is 0.201. The molecule has 0 unspecified atom stereocenters. The lowest BCUT2D eigenvalue weighted by Gasteiger charge is -2.36. The minimum Gasteiger partial charge on any atom is -0.381 e. The van der Waals surface area contributed by atoms with E-state index < -0.39 is 11.7 Å². The minimum atomic E-state index is -0.626. The second-order valence-corrected chi connectivity index (χ2v) is 10.3. The molecule has 1 aromatic carbocycles. The molecule has 0 atom stereocenters. The average molecular weight is 524 g/mol. The maximum Gasteiger partial charge on any atom is 0.298 e. The van der Waals surface area contributed by atoms with Crippen LogP contribution >= 0.6 is 0 Å². The fraction of sp³-hybridized carbons (Fsp3) is 0.323. The van der Waals surface area contributed by atoms with E-state index in [-0.39, 0.29) is 5.92 Å². The normalized spacial score (nSPS) is 16.4. The first-order chi connectivity index (χ1) is 19.1. The van der Waals surface area contributed by atoms with E-state index in [0.717, 1.165) is 67.3 Å². The first-order valence-electron chi connectivity index (χ1n) is 13.6. The quantitative estimate of drug-likeness (QED) is 0.292. The van der Waals surface area contributed by atoms with Gasteiger partial charge in [-0.25, -0.2) is 4.98 Å². The summed E-state index contributed by atoms with van der Waals surface area (Å²) in [6, 6.07) is 21.7. The Morgan fingerprint density at radius 2 is 1.64 bits per heavy atom. The van der Waals surface area contributed by atoms with Gasteiger partial charge in [-0.1, -0.05) is 12.1 Å². The van der Waals surface area contributed by atoms with Crippen molar-refractivity contribution in [3.05, 3.63) is 89.9 Å². The topological polar surface area (TPSA) is 79.2 Å². The summed E-state index contributed by atoms with van der Waals surface area (Å²) in [5.74, 6) is 0.0757. The maximum atomic E-state index is 13.5. The van der Waals surface area contributed by atoms with E-state index in [9.17, 15) is 9.59 Å². The Kier molecular flexibility index (Phi) is 7.02. The Morgan fingerprint density at radius 1 is 0.897 bits per heavy atom. The summed E-state index contributed by atoms with van der Waals surface area (Å²) in [6.45, 7) is 6.90. The standard InChI is InChI=1S/C31H33N5O3/c1-22-5-4-7-28(32-22)35-17-15-34(16-18-35)25-10-8-24(9-11-25)33-31(38)30(37)29-27(23-12-19-39-20-13-23)21-26-6-2-3-14-36(26)29/h2-11,14,21,23H,12-13,15-20H2,1H3,(H,33,38). The molecule has 0 bridgehead atoms. The first kappa shape index (κ1) is 25.1. The zero-order chi connectivity index (χ0) is 26.8. The molecule has 2 fully saturated rings. The van der Waals surface area contributed by atoms with Crippen LogP contribution in [0.5, 0.6) is 0 Å². The molecule has 8 heteroatoms. The van der Waals surface area contributed by atoms with Crippen LogP contribution in [0.25, 0.3) is 5.52 Å². The number of fused-ring (bicyclic) bond motifs is 1. The molecule has 8 nitrogen and oxygen atoms in total. The molecule has 6 rings (SSSR count). The van der Waals surface area contributed by atoms with Crippen molar-refractivity contribution in [3.63, 3.8) is 0 Å². The summed E-state index contributed by atoms with van der Waals surface area (Å²) >= 11 is 0. The molecular formula is C31H33N5O3. The molecule has 200 valence electrons. The van der Waals surface area contributed by atoms with Crippen molar-refractivity contribution >= 4 is 34.4 Å². The van der Waals surface area contributed by atoms with Crippen molar-refractivity contribution in [1.82, 2.24) is 9.38 Å². The number of benzene rings is 1. The van der Waals surface area contributed by atoms with Gasteiger partial charge in [0.15, 0.2) is 0 Å². The number of piperazine rings is 1. The largest absolute Gasteiger partial charge is 0.381 e. The van der Waals surface area contributed by atoms with Gasteiger partial charge in [0.05, 0.1) is 0 Å². The van der Waals surface area contributed by atoms with E-state index >= 15 is 0 Å². The summed E-state index contributed by atoms with van der Waals surface area (Å²) in [4.78, 5) is 35.9. The van der Waals surface area contributed by atoms with Gasteiger partial charge in [0.2, 0.25) is 0 Å². The highest BCUT2D eigenvalue weighted by Crippen LogP contribution is 2.32. The number of ether oxygens (including phenoxy) is 1. The van der Waals surface area contributed by atoms with E-state index in [1.807, 2.05) is 78.2 Å². The number of pyridine rings is 2. The fourth-order valence-electron chi connectivity index (χ4n) is 5.65. The van der Waals surface area contributed by atoms with Gasteiger partial charge in [-0.3, -0.25) is 9.59 Å². The van der Waals surface area contributed by atoms with Gasteiger partial charge in [-0.15, -0.1) is 0 Å². The number of carbonyl (C=O) groups excluding carboxylic acids is 2. The van der Waals surface area contributed by atoms with Crippen LogP contribution in [0.3, 0.4) is 0 Å². The lowest BCUT2D eigenvalue weighted by molar-refractivity contribution is -0.112. The third-order valence-electron chi connectivity index (χ3n) is 7.76. The second kappa shape index (κ2) is 10.9. The fourth-order valence-corrected chi connectivity index (χ4v) is 5.65. The Balaban J connectivity index is 1.13. The van der Waals surface area contributed by atoms with Gasteiger partial charge < -0.3 is 24.3 Å². The monoisotopic (exact) mass is 523 g/mol. The Labute approximate surface area is 228 Å². The third kappa shape index (κ3) is 5.25. The Hall–Kier alpha value is -4.17. The molecule has 4 aromatic rings. The van der Waals surface area contributed by atoms with E-state index in [1.165, 1.54) is 0 Å². The molecule has 2 aliphatic heterocycles. The molecular weight excluding hydrogens is 490 g/mol. The number of ketones is 1. The van der Waals surface area contributed by atoms with Crippen LogP contribution in [0.4, 0.5) is 17.2 Å². The molecule has 1 amide bonds. The van der Waals surface area contributed by atoms with Crippen molar-refractivity contribution in [3.8, 4) is 0 Å². The third-order valence-corrected chi connectivity index (χ3v) is 7.76. The van der Waals surface area contributed by atoms with Crippen LogP contribution in [-0.2, 0) is 9.53 Å². The van der Waals surface area contributed by atoms with Crippen molar-refractivity contribution in [2.24, 2.45) is 0 Å². The number of aromatic nitrogens is 2. The van der Waals surface area contributed by atoms with Crippen LogP contribution in [0, 0.1) is 6.92 Å². The lowest BCUT2D eigenvalue weighted by atomic mass is 9.90. The molecule has 0 radical (unpaired) electrons.